The summed E-state index contributed by atoms with van der Waals surface area (Å²) in [7, 11) is -2.86. The molecule has 0 aliphatic carbocycles. The number of halogens is 1. The van der Waals surface area contributed by atoms with Gasteiger partial charge in [-0.1, -0.05) is 23.7 Å². The Morgan fingerprint density at radius 2 is 1.74 bits per heavy atom. The lowest BCUT2D eigenvalue weighted by Crippen LogP contribution is -2.33. The maximum absolute atomic E-state index is 12.5. The molecule has 2 amide bonds. The summed E-state index contributed by atoms with van der Waals surface area (Å²) in [4.78, 5) is 24.2. The molecule has 0 unspecified atom stereocenters. The summed E-state index contributed by atoms with van der Waals surface area (Å²) in [5.74, 6) is 0.130. The Balaban J connectivity index is 2.00. The average Bonchev–Trinajstić information content (AvgIpc) is 2.75. The molecule has 0 aromatic heterocycles. The van der Waals surface area contributed by atoms with Crippen LogP contribution in [0.15, 0.2) is 47.4 Å². The van der Waals surface area contributed by atoms with E-state index in [1.165, 1.54) is 12.1 Å². The van der Waals surface area contributed by atoms with Gasteiger partial charge in [0.1, 0.15) is 5.75 Å². The number of hydrogen-bond donors (Lipinski definition) is 1. The van der Waals surface area contributed by atoms with Crippen LogP contribution in [-0.2, 0) is 21.2 Å². The highest BCUT2D eigenvalue weighted by Gasteiger charge is 2.26. The van der Waals surface area contributed by atoms with E-state index < -0.39 is 16.1 Å². The smallest absolute Gasteiger partial charge is 0.423 e. The molecule has 2 rings (SSSR count). The number of hydrogen-bond acceptors (Lipinski definition) is 6. The Hall–Kier alpha value is -2.78. The third-order valence-corrected chi connectivity index (χ3v) is 6.27. The number of sulfonamides is 1. The van der Waals surface area contributed by atoms with Crippen LogP contribution in [0.2, 0.25) is 5.02 Å². The van der Waals surface area contributed by atoms with Gasteiger partial charge in [0.05, 0.1) is 23.7 Å². The highest BCUT2D eigenvalue weighted by Crippen LogP contribution is 2.23. The van der Waals surface area contributed by atoms with Crippen molar-refractivity contribution in [3.05, 3.63) is 58.6 Å². The molecular weight excluding hydrogens is 444 g/mol. The Bertz CT molecular complexity index is 1020. The zero-order chi connectivity index (χ0) is 23.0. The minimum Gasteiger partial charge on any atom is -0.493 e. The highest BCUT2D eigenvalue weighted by molar-refractivity contribution is 7.89. The second-order valence-electron chi connectivity index (χ2n) is 6.39. The fourth-order valence-corrected chi connectivity index (χ4v) is 3.89. The standard InChI is InChI=1S/C21H25ClN2O6S/c1-4-29-19-11-8-16(22)14-18(19)20(25)23-13-12-15-6-9-17(10-7-15)31(27,28)24(3)21(26)30-5-2/h6-11,14H,4-5,12-13H2,1-3H3,(H,23,25). The Morgan fingerprint density at radius 1 is 1.06 bits per heavy atom. The van der Waals surface area contributed by atoms with Crippen molar-refractivity contribution in [1.29, 1.82) is 0 Å². The second-order valence-corrected chi connectivity index (χ2v) is 8.80. The van der Waals surface area contributed by atoms with Crippen molar-refractivity contribution in [2.24, 2.45) is 0 Å². The predicted octanol–water partition coefficient (Wildman–Crippen LogP) is 3.49. The van der Waals surface area contributed by atoms with Crippen LogP contribution >= 0.6 is 11.6 Å². The first-order chi connectivity index (χ1) is 14.7. The normalized spacial score (nSPS) is 11.0. The molecule has 10 heteroatoms. The summed E-state index contributed by atoms with van der Waals surface area (Å²) < 4.78 is 35.7. The van der Waals surface area contributed by atoms with Crippen LogP contribution in [0.4, 0.5) is 4.79 Å². The van der Waals surface area contributed by atoms with E-state index in [9.17, 15) is 18.0 Å². The fourth-order valence-electron chi connectivity index (χ4n) is 2.68. The van der Waals surface area contributed by atoms with Crippen LogP contribution in [0, 0.1) is 0 Å². The predicted molar refractivity (Wildman–Crippen MR) is 117 cm³/mol. The van der Waals surface area contributed by atoms with Crippen LogP contribution < -0.4 is 10.1 Å². The number of ether oxygens (including phenoxy) is 2. The molecule has 2 aromatic rings. The zero-order valence-electron chi connectivity index (χ0n) is 17.6. The van der Waals surface area contributed by atoms with Gasteiger partial charge in [-0.05, 0) is 56.2 Å². The van der Waals surface area contributed by atoms with E-state index in [1.807, 2.05) is 6.92 Å². The minimum absolute atomic E-state index is 0.0314. The van der Waals surface area contributed by atoms with Gasteiger partial charge in [-0.3, -0.25) is 4.79 Å². The van der Waals surface area contributed by atoms with Gasteiger partial charge in [0.2, 0.25) is 0 Å². The first-order valence-corrected chi connectivity index (χ1v) is 11.5. The zero-order valence-corrected chi connectivity index (χ0v) is 19.1. The molecule has 0 radical (unpaired) electrons. The molecule has 0 aliphatic rings. The Kier molecular flexibility index (Phi) is 8.70. The summed E-state index contributed by atoms with van der Waals surface area (Å²) in [6.45, 7) is 4.24. The van der Waals surface area contributed by atoms with Crippen molar-refractivity contribution in [3.63, 3.8) is 0 Å². The highest BCUT2D eigenvalue weighted by atomic mass is 35.5. The van der Waals surface area contributed by atoms with Crippen LogP contribution in [-0.4, -0.2) is 51.5 Å². The number of amides is 2. The van der Waals surface area contributed by atoms with Gasteiger partial charge in [0.15, 0.2) is 0 Å². The molecule has 8 nitrogen and oxygen atoms in total. The Labute approximate surface area is 187 Å². The minimum atomic E-state index is -4.00. The molecule has 31 heavy (non-hydrogen) atoms. The molecule has 0 fully saturated rings. The maximum Gasteiger partial charge on any atom is 0.423 e. The molecule has 0 aliphatic heterocycles. The van der Waals surface area contributed by atoms with Gasteiger partial charge in [-0.25, -0.2) is 17.5 Å². The lowest BCUT2D eigenvalue weighted by Gasteiger charge is -2.17. The lowest BCUT2D eigenvalue weighted by atomic mass is 10.1. The van der Waals surface area contributed by atoms with Gasteiger partial charge in [0.25, 0.3) is 15.9 Å². The van der Waals surface area contributed by atoms with Gasteiger partial charge in [0, 0.05) is 18.6 Å². The third-order valence-electron chi connectivity index (χ3n) is 4.29. The number of nitrogens with one attached hydrogen (secondary N) is 1. The van der Waals surface area contributed by atoms with Gasteiger partial charge >= 0.3 is 6.09 Å². The summed E-state index contributed by atoms with van der Waals surface area (Å²) in [6, 6.07) is 10.9. The van der Waals surface area contributed by atoms with E-state index in [2.05, 4.69) is 5.32 Å². The Morgan fingerprint density at radius 3 is 2.35 bits per heavy atom. The first kappa shape index (κ1) is 24.5. The van der Waals surface area contributed by atoms with Crippen molar-refractivity contribution in [2.45, 2.75) is 25.2 Å². The molecule has 0 heterocycles. The van der Waals surface area contributed by atoms with Gasteiger partial charge in [-0.2, -0.15) is 0 Å². The van der Waals surface area contributed by atoms with E-state index in [-0.39, 0.29) is 17.4 Å². The summed E-state index contributed by atoms with van der Waals surface area (Å²) in [6.07, 6.45) is -0.466. The number of carbonyl (C=O) groups excluding carboxylic acids is 2. The van der Waals surface area contributed by atoms with E-state index in [4.69, 9.17) is 21.1 Å². The molecule has 1 N–H and O–H groups in total. The molecule has 0 spiro atoms. The summed E-state index contributed by atoms with van der Waals surface area (Å²) in [5, 5.41) is 3.23. The third kappa shape index (κ3) is 6.35. The molecule has 0 atom stereocenters. The summed E-state index contributed by atoms with van der Waals surface area (Å²) >= 11 is 5.98. The van der Waals surface area contributed by atoms with Crippen molar-refractivity contribution in [1.82, 2.24) is 9.62 Å². The van der Waals surface area contributed by atoms with Crippen LogP contribution in [0.1, 0.15) is 29.8 Å². The largest absolute Gasteiger partial charge is 0.493 e. The van der Waals surface area contributed by atoms with Crippen molar-refractivity contribution in [2.75, 3.05) is 26.8 Å². The lowest BCUT2D eigenvalue weighted by molar-refractivity contribution is 0.0950. The maximum atomic E-state index is 12.5. The van der Waals surface area contributed by atoms with Gasteiger partial charge < -0.3 is 14.8 Å². The monoisotopic (exact) mass is 468 g/mol. The number of nitrogens with zero attached hydrogens (tertiary/aromatic N) is 1. The van der Waals surface area contributed by atoms with Crippen molar-refractivity contribution >= 4 is 33.6 Å². The van der Waals surface area contributed by atoms with E-state index >= 15 is 0 Å². The number of benzene rings is 2. The van der Waals surface area contributed by atoms with Crippen LogP contribution in [0.25, 0.3) is 0 Å². The second kappa shape index (κ2) is 11.0. The average molecular weight is 469 g/mol. The SMILES string of the molecule is CCOC(=O)N(C)S(=O)(=O)c1ccc(CCNC(=O)c2cc(Cl)ccc2OCC)cc1. The molecule has 0 saturated carbocycles. The van der Waals surface area contributed by atoms with Crippen LogP contribution in [0.3, 0.4) is 0 Å². The number of rotatable bonds is 9. The summed E-state index contributed by atoms with van der Waals surface area (Å²) in [5.41, 5.74) is 1.16. The molecule has 0 bridgehead atoms. The molecule has 0 saturated heterocycles. The number of carbonyl (C=O) groups is 2. The van der Waals surface area contributed by atoms with E-state index in [0.29, 0.717) is 40.2 Å². The quantitative estimate of drug-likeness (QED) is 0.604. The van der Waals surface area contributed by atoms with E-state index in [0.717, 1.165) is 12.6 Å². The molecular formula is C21H25ClN2O6S. The molecule has 2 aromatic carbocycles. The molecule has 168 valence electrons. The van der Waals surface area contributed by atoms with Crippen molar-refractivity contribution in [3.8, 4) is 5.75 Å². The van der Waals surface area contributed by atoms with Crippen molar-refractivity contribution < 1.29 is 27.5 Å². The first-order valence-electron chi connectivity index (χ1n) is 9.65. The topological polar surface area (TPSA) is 102 Å². The van der Waals surface area contributed by atoms with Gasteiger partial charge in [-0.15, -0.1) is 0 Å². The van der Waals surface area contributed by atoms with E-state index in [1.54, 1.807) is 37.3 Å². The van der Waals surface area contributed by atoms with Crippen LogP contribution in [0.5, 0.6) is 5.75 Å². The fraction of sp³-hybridized carbons (Fsp3) is 0.333.